The second-order valence-corrected chi connectivity index (χ2v) is 5.09. The lowest BCUT2D eigenvalue weighted by atomic mass is 10.1. The third-order valence-electron chi connectivity index (χ3n) is 3.27. The molecule has 2 N–H and O–H groups in total. The zero-order chi connectivity index (χ0) is 15.1. The second-order valence-electron chi connectivity index (χ2n) is 5.09. The lowest BCUT2D eigenvalue weighted by Gasteiger charge is -2.14. The summed E-state index contributed by atoms with van der Waals surface area (Å²) in [5.74, 6) is 0.845. The molecule has 7 heteroatoms. The van der Waals surface area contributed by atoms with E-state index in [1.54, 1.807) is 6.20 Å². The highest BCUT2D eigenvalue weighted by molar-refractivity contribution is 5.76. The van der Waals surface area contributed by atoms with Crippen molar-refractivity contribution in [2.75, 3.05) is 0 Å². The Labute approximate surface area is 124 Å². The molecule has 0 saturated heterocycles. The highest BCUT2D eigenvalue weighted by atomic mass is 16.1. The number of hydrogen-bond acceptors (Lipinski definition) is 4. The summed E-state index contributed by atoms with van der Waals surface area (Å²) in [4.78, 5) is 16.2. The first kappa shape index (κ1) is 15.2. The van der Waals surface area contributed by atoms with E-state index in [1.807, 2.05) is 17.8 Å². The summed E-state index contributed by atoms with van der Waals surface area (Å²) in [6.07, 6.45) is 8.32. The van der Waals surface area contributed by atoms with Crippen molar-refractivity contribution in [3.8, 4) is 0 Å². The molecule has 0 aliphatic carbocycles. The predicted octanol–water partition coefficient (Wildman–Crippen LogP) is 1.61. The normalized spacial score (nSPS) is 12.3. The van der Waals surface area contributed by atoms with Gasteiger partial charge in [-0.05, 0) is 31.7 Å². The Balaban J connectivity index is 1.77. The molecule has 1 unspecified atom stereocenters. The van der Waals surface area contributed by atoms with Gasteiger partial charge < -0.3 is 5.32 Å². The summed E-state index contributed by atoms with van der Waals surface area (Å²) in [5.41, 5.74) is 1.12. The lowest BCUT2D eigenvalue weighted by molar-refractivity contribution is -0.121. The monoisotopic (exact) mass is 290 g/mol. The fourth-order valence-corrected chi connectivity index (χ4v) is 2.24. The van der Waals surface area contributed by atoms with Crippen LogP contribution in [0.15, 0.2) is 18.7 Å². The van der Waals surface area contributed by atoms with Crippen LogP contribution in [0, 0.1) is 0 Å². The Kier molecular flexibility index (Phi) is 5.48. The van der Waals surface area contributed by atoms with Gasteiger partial charge in [0, 0.05) is 19.2 Å². The van der Waals surface area contributed by atoms with E-state index in [-0.39, 0.29) is 11.9 Å². The molecule has 0 saturated carbocycles. The summed E-state index contributed by atoms with van der Waals surface area (Å²) in [7, 11) is 0. The summed E-state index contributed by atoms with van der Waals surface area (Å²) in [5, 5.41) is 13.8. The summed E-state index contributed by atoms with van der Waals surface area (Å²) >= 11 is 0. The van der Waals surface area contributed by atoms with E-state index in [9.17, 15) is 4.79 Å². The van der Waals surface area contributed by atoms with E-state index in [1.165, 1.54) is 6.33 Å². The first-order valence-electron chi connectivity index (χ1n) is 7.35. The molecule has 1 amide bonds. The highest BCUT2D eigenvalue weighted by Gasteiger charge is 2.15. The van der Waals surface area contributed by atoms with Crippen molar-refractivity contribution in [3.63, 3.8) is 0 Å². The van der Waals surface area contributed by atoms with Crippen molar-refractivity contribution in [1.29, 1.82) is 0 Å². The zero-order valence-electron chi connectivity index (χ0n) is 12.5. The van der Waals surface area contributed by atoms with Crippen LogP contribution in [0.5, 0.6) is 0 Å². The van der Waals surface area contributed by atoms with Gasteiger partial charge in [-0.15, -0.1) is 0 Å². The molecular formula is C14H22N6O. The number of aryl methyl sites for hydroxylation is 2. The van der Waals surface area contributed by atoms with Crippen LogP contribution < -0.4 is 5.32 Å². The first-order chi connectivity index (χ1) is 10.2. The standard InChI is InChI=1S/C14H22N6O/c1-3-7-20-14(15-10-18-20)11(2)19-13(21)6-4-5-12-8-16-17-9-12/h8-11H,3-7H2,1-2H3,(H,16,17)(H,19,21). The van der Waals surface area contributed by atoms with E-state index in [4.69, 9.17) is 0 Å². The van der Waals surface area contributed by atoms with Crippen LogP contribution in [0.25, 0.3) is 0 Å². The SMILES string of the molecule is CCCn1ncnc1C(C)NC(=O)CCCc1cn[nH]c1. The van der Waals surface area contributed by atoms with Crippen molar-refractivity contribution in [2.45, 2.75) is 52.1 Å². The number of rotatable bonds is 8. The number of aromatic amines is 1. The molecule has 0 radical (unpaired) electrons. The molecule has 7 nitrogen and oxygen atoms in total. The Bertz CT molecular complexity index is 548. The van der Waals surface area contributed by atoms with Crippen LogP contribution in [-0.4, -0.2) is 30.9 Å². The molecule has 0 aliphatic rings. The molecule has 2 heterocycles. The maximum absolute atomic E-state index is 12.0. The Morgan fingerprint density at radius 1 is 1.52 bits per heavy atom. The molecule has 2 aromatic heterocycles. The van der Waals surface area contributed by atoms with Crippen molar-refractivity contribution >= 4 is 5.91 Å². The lowest BCUT2D eigenvalue weighted by Crippen LogP contribution is -2.28. The summed E-state index contributed by atoms with van der Waals surface area (Å²) in [6.45, 7) is 4.84. The largest absolute Gasteiger partial charge is 0.346 e. The van der Waals surface area contributed by atoms with Gasteiger partial charge in [0.2, 0.25) is 5.91 Å². The van der Waals surface area contributed by atoms with Crippen LogP contribution in [0.4, 0.5) is 0 Å². The van der Waals surface area contributed by atoms with E-state index >= 15 is 0 Å². The number of nitrogens with one attached hydrogen (secondary N) is 2. The molecule has 0 aliphatic heterocycles. The van der Waals surface area contributed by atoms with Gasteiger partial charge in [0.25, 0.3) is 0 Å². The molecule has 1 atom stereocenters. The van der Waals surface area contributed by atoms with Gasteiger partial charge in [-0.2, -0.15) is 10.2 Å². The van der Waals surface area contributed by atoms with Crippen LogP contribution in [0.3, 0.4) is 0 Å². The van der Waals surface area contributed by atoms with Crippen molar-refractivity contribution < 1.29 is 4.79 Å². The van der Waals surface area contributed by atoms with Crippen LogP contribution in [-0.2, 0) is 17.8 Å². The average molecular weight is 290 g/mol. The fourth-order valence-electron chi connectivity index (χ4n) is 2.24. The molecule has 0 aromatic carbocycles. The summed E-state index contributed by atoms with van der Waals surface area (Å²) < 4.78 is 1.84. The maximum atomic E-state index is 12.0. The second kappa shape index (κ2) is 7.56. The molecule has 114 valence electrons. The molecular weight excluding hydrogens is 268 g/mol. The predicted molar refractivity (Wildman–Crippen MR) is 78.4 cm³/mol. The maximum Gasteiger partial charge on any atom is 0.220 e. The number of carbonyl (C=O) groups is 1. The Morgan fingerprint density at radius 3 is 3.10 bits per heavy atom. The zero-order valence-corrected chi connectivity index (χ0v) is 12.5. The number of amides is 1. The van der Waals surface area contributed by atoms with Gasteiger partial charge in [0.05, 0.1) is 12.2 Å². The van der Waals surface area contributed by atoms with Gasteiger partial charge in [0.1, 0.15) is 12.2 Å². The highest BCUT2D eigenvalue weighted by Crippen LogP contribution is 2.10. The van der Waals surface area contributed by atoms with E-state index in [0.717, 1.165) is 37.2 Å². The molecule has 0 spiro atoms. The number of carbonyl (C=O) groups excluding carboxylic acids is 1. The molecule has 2 rings (SSSR count). The minimum absolute atomic E-state index is 0.0389. The van der Waals surface area contributed by atoms with Crippen LogP contribution in [0.1, 0.15) is 50.5 Å². The van der Waals surface area contributed by atoms with Crippen molar-refractivity contribution in [2.24, 2.45) is 0 Å². The third-order valence-corrected chi connectivity index (χ3v) is 3.27. The molecule has 0 fully saturated rings. The number of nitrogens with zero attached hydrogens (tertiary/aromatic N) is 4. The summed E-state index contributed by atoms with van der Waals surface area (Å²) in [6, 6.07) is -0.125. The first-order valence-corrected chi connectivity index (χ1v) is 7.35. The Hall–Kier alpha value is -2.18. The smallest absolute Gasteiger partial charge is 0.220 e. The van der Waals surface area contributed by atoms with Gasteiger partial charge in [-0.3, -0.25) is 9.89 Å². The van der Waals surface area contributed by atoms with E-state index in [2.05, 4.69) is 32.5 Å². The van der Waals surface area contributed by atoms with E-state index in [0.29, 0.717) is 6.42 Å². The average Bonchev–Trinajstić information content (AvgIpc) is 3.10. The minimum atomic E-state index is -0.125. The molecule has 0 bridgehead atoms. The molecule has 21 heavy (non-hydrogen) atoms. The van der Waals surface area contributed by atoms with Crippen molar-refractivity contribution in [3.05, 3.63) is 30.1 Å². The molecule has 2 aromatic rings. The van der Waals surface area contributed by atoms with E-state index < -0.39 is 0 Å². The minimum Gasteiger partial charge on any atom is -0.346 e. The quantitative estimate of drug-likeness (QED) is 0.773. The number of hydrogen-bond donors (Lipinski definition) is 2. The van der Waals surface area contributed by atoms with Crippen LogP contribution in [0.2, 0.25) is 0 Å². The third kappa shape index (κ3) is 4.40. The topological polar surface area (TPSA) is 88.5 Å². The van der Waals surface area contributed by atoms with Crippen molar-refractivity contribution in [1.82, 2.24) is 30.3 Å². The van der Waals surface area contributed by atoms with Gasteiger partial charge in [0.15, 0.2) is 0 Å². The Morgan fingerprint density at radius 2 is 2.38 bits per heavy atom. The van der Waals surface area contributed by atoms with Crippen LogP contribution >= 0.6 is 0 Å². The number of aromatic nitrogens is 5. The fraction of sp³-hybridized carbons (Fsp3) is 0.571. The van der Waals surface area contributed by atoms with Gasteiger partial charge in [-0.1, -0.05) is 6.92 Å². The number of H-pyrrole nitrogens is 1. The van der Waals surface area contributed by atoms with Gasteiger partial charge >= 0.3 is 0 Å². The van der Waals surface area contributed by atoms with Gasteiger partial charge in [-0.25, -0.2) is 9.67 Å².